The minimum atomic E-state index is -0.452. The maximum Gasteiger partial charge on any atom is 0.337 e. The lowest BCUT2D eigenvalue weighted by Crippen LogP contribution is -2.15. The number of carbonyl (C=O) groups is 2. The maximum absolute atomic E-state index is 13.6. The number of methoxy groups -OCH3 is 1. The van der Waals surface area contributed by atoms with E-state index >= 15 is 0 Å². The molecule has 2 N–H and O–H groups in total. The molecule has 1 amide bonds. The summed E-state index contributed by atoms with van der Waals surface area (Å²) in [7, 11) is 1.30. The van der Waals surface area contributed by atoms with Crippen molar-refractivity contribution < 1.29 is 18.7 Å². The Balaban J connectivity index is 1.53. The number of amides is 1. The molecule has 1 heterocycles. The average Bonchev–Trinajstić information content (AvgIpc) is 2.75. The van der Waals surface area contributed by atoms with Crippen molar-refractivity contribution in [2.75, 3.05) is 24.3 Å². The Kier molecular flexibility index (Phi) is 6.47. The highest BCUT2D eigenvalue weighted by molar-refractivity contribution is 6.03. The van der Waals surface area contributed by atoms with E-state index in [1.54, 1.807) is 42.5 Å². The molecule has 0 saturated heterocycles. The minimum Gasteiger partial charge on any atom is -0.465 e. The lowest BCUT2D eigenvalue weighted by atomic mass is 10.1. The lowest BCUT2D eigenvalue weighted by molar-refractivity contribution is 0.0600. The van der Waals surface area contributed by atoms with Crippen LogP contribution < -0.4 is 10.6 Å². The van der Waals surface area contributed by atoms with Crippen LogP contribution in [-0.4, -0.2) is 35.5 Å². The molecule has 0 atom stereocenters. The summed E-state index contributed by atoms with van der Waals surface area (Å²) in [6.07, 6.45) is 3.29. The number of aromatic nitrogens is 2. The molecule has 1 aromatic heterocycles. The molecule has 148 valence electrons. The number of anilines is 2. The largest absolute Gasteiger partial charge is 0.465 e. The van der Waals surface area contributed by atoms with Gasteiger partial charge in [-0.15, -0.1) is 0 Å². The Labute approximate surface area is 167 Å². The Morgan fingerprint density at radius 2 is 1.79 bits per heavy atom. The van der Waals surface area contributed by atoms with Crippen LogP contribution in [0.4, 0.5) is 15.9 Å². The van der Waals surface area contributed by atoms with E-state index in [-0.39, 0.29) is 11.5 Å². The smallest absolute Gasteiger partial charge is 0.337 e. The fraction of sp³-hybridized carbons (Fsp3) is 0.143. The van der Waals surface area contributed by atoms with E-state index in [0.717, 1.165) is 0 Å². The number of benzene rings is 2. The number of hydrogen-bond donors (Lipinski definition) is 2. The van der Waals surface area contributed by atoms with Crippen molar-refractivity contribution in [3.8, 4) is 0 Å². The van der Waals surface area contributed by atoms with Gasteiger partial charge in [-0.1, -0.05) is 18.2 Å². The van der Waals surface area contributed by atoms with Gasteiger partial charge >= 0.3 is 5.97 Å². The summed E-state index contributed by atoms with van der Waals surface area (Å²) in [5.41, 5.74) is 1.65. The third-order valence-electron chi connectivity index (χ3n) is 4.11. The molecule has 0 radical (unpaired) electrons. The van der Waals surface area contributed by atoms with Crippen LogP contribution in [0.5, 0.6) is 0 Å². The van der Waals surface area contributed by atoms with Gasteiger partial charge < -0.3 is 15.4 Å². The van der Waals surface area contributed by atoms with Crippen LogP contribution in [0.15, 0.2) is 60.9 Å². The van der Waals surface area contributed by atoms with E-state index in [2.05, 4.69) is 25.3 Å². The maximum atomic E-state index is 13.6. The van der Waals surface area contributed by atoms with Crippen LogP contribution in [0.2, 0.25) is 0 Å². The third kappa shape index (κ3) is 5.35. The summed E-state index contributed by atoms with van der Waals surface area (Å²) < 4.78 is 18.2. The number of ether oxygens (including phenoxy) is 1. The molecule has 2 aromatic carbocycles. The van der Waals surface area contributed by atoms with Crippen molar-refractivity contribution in [3.05, 3.63) is 83.6 Å². The molecule has 8 heteroatoms. The van der Waals surface area contributed by atoms with Crippen LogP contribution in [0.25, 0.3) is 0 Å². The molecule has 3 aromatic rings. The molecule has 0 bridgehead atoms. The van der Waals surface area contributed by atoms with E-state index in [1.165, 1.54) is 25.6 Å². The van der Waals surface area contributed by atoms with Crippen molar-refractivity contribution in [1.82, 2.24) is 9.97 Å². The number of nitrogens with one attached hydrogen (secondary N) is 2. The first-order valence-corrected chi connectivity index (χ1v) is 8.86. The number of nitrogens with zero attached hydrogens (tertiary/aromatic N) is 2. The van der Waals surface area contributed by atoms with Crippen molar-refractivity contribution in [3.63, 3.8) is 0 Å². The van der Waals surface area contributed by atoms with E-state index in [0.29, 0.717) is 35.6 Å². The molecular weight excluding hydrogens is 375 g/mol. The van der Waals surface area contributed by atoms with Crippen molar-refractivity contribution in [1.29, 1.82) is 0 Å². The molecular formula is C21H19FN4O3. The van der Waals surface area contributed by atoms with Gasteiger partial charge in [0.15, 0.2) is 0 Å². The van der Waals surface area contributed by atoms with Crippen LogP contribution in [-0.2, 0) is 11.2 Å². The Bertz CT molecular complexity index is 992. The van der Waals surface area contributed by atoms with E-state index < -0.39 is 11.9 Å². The van der Waals surface area contributed by atoms with Crippen LogP contribution in [0.3, 0.4) is 0 Å². The Morgan fingerprint density at radius 1 is 1.03 bits per heavy atom. The summed E-state index contributed by atoms with van der Waals surface area (Å²) >= 11 is 0. The third-order valence-corrected chi connectivity index (χ3v) is 4.11. The number of carbonyl (C=O) groups excluding carboxylic acids is 2. The predicted molar refractivity (Wildman–Crippen MR) is 106 cm³/mol. The van der Waals surface area contributed by atoms with Gasteiger partial charge in [0.2, 0.25) is 0 Å². The molecule has 29 heavy (non-hydrogen) atoms. The summed E-state index contributed by atoms with van der Waals surface area (Å²) in [5, 5.41) is 5.72. The normalized spacial score (nSPS) is 10.3. The molecule has 3 rings (SSSR count). The summed E-state index contributed by atoms with van der Waals surface area (Å²) in [6, 6.07) is 12.9. The van der Waals surface area contributed by atoms with Crippen molar-refractivity contribution in [2.45, 2.75) is 6.42 Å². The van der Waals surface area contributed by atoms with Crippen molar-refractivity contribution >= 4 is 23.4 Å². The van der Waals surface area contributed by atoms with Gasteiger partial charge in [0.05, 0.1) is 25.1 Å². The standard InChI is InChI=1S/C21H19FN4O3/c1-29-21(28)15-6-8-16(9-7-15)26-20(27)18-12-25-19(13-24-18)23-11-10-14-4-2-3-5-17(14)22/h2-9,12-13H,10-11H2,1H3,(H,23,25)(H,26,27). The van der Waals surface area contributed by atoms with Crippen molar-refractivity contribution in [2.24, 2.45) is 0 Å². The fourth-order valence-electron chi connectivity index (χ4n) is 2.57. The van der Waals surface area contributed by atoms with Crippen LogP contribution in [0.1, 0.15) is 26.4 Å². The molecule has 0 spiro atoms. The first kappa shape index (κ1) is 19.9. The molecule has 7 nitrogen and oxygen atoms in total. The van der Waals surface area contributed by atoms with E-state index in [9.17, 15) is 14.0 Å². The highest BCUT2D eigenvalue weighted by Gasteiger charge is 2.10. The molecule has 0 aliphatic rings. The molecule has 0 aliphatic carbocycles. The quantitative estimate of drug-likeness (QED) is 0.597. The van der Waals surface area contributed by atoms with Crippen LogP contribution >= 0.6 is 0 Å². The monoisotopic (exact) mass is 394 g/mol. The van der Waals surface area contributed by atoms with E-state index in [1.807, 2.05) is 0 Å². The first-order valence-electron chi connectivity index (χ1n) is 8.86. The number of halogens is 1. The minimum absolute atomic E-state index is 0.140. The highest BCUT2D eigenvalue weighted by Crippen LogP contribution is 2.12. The van der Waals surface area contributed by atoms with E-state index in [4.69, 9.17) is 0 Å². The van der Waals surface area contributed by atoms with Crippen LogP contribution in [0, 0.1) is 5.82 Å². The SMILES string of the molecule is COC(=O)c1ccc(NC(=O)c2cnc(NCCc3ccccc3F)cn2)cc1. The second-order valence-corrected chi connectivity index (χ2v) is 6.08. The number of hydrogen-bond acceptors (Lipinski definition) is 6. The van der Waals surface area contributed by atoms with Gasteiger partial charge in [0.25, 0.3) is 5.91 Å². The van der Waals surface area contributed by atoms with Gasteiger partial charge in [-0.2, -0.15) is 0 Å². The number of rotatable bonds is 7. The Morgan fingerprint density at radius 3 is 2.45 bits per heavy atom. The zero-order valence-electron chi connectivity index (χ0n) is 15.7. The highest BCUT2D eigenvalue weighted by atomic mass is 19.1. The Hall–Kier alpha value is -3.81. The summed E-state index contributed by atoms with van der Waals surface area (Å²) in [6.45, 7) is 0.480. The lowest BCUT2D eigenvalue weighted by Gasteiger charge is -2.08. The molecule has 0 aliphatic heterocycles. The summed E-state index contributed by atoms with van der Waals surface area (Å²) in [4.78, 5) is 31.9. The zero-order chi connectivity index (χ0) is 20.6. The van der Waals surface area contributed by atoms with Gasteiger partial charge in [-0.3, -0.25) is 4.79 Å². The van der Waals surface area contributed by atoms with Gasteiger partial charge in [0.1, 0.15) is 17.3 Å². The fourth-order valence-corrected chi connectivity index (χ4v) is 2.57. The second-order valence-electron chi connectivity index (χ2n) is 6.08. The first-order chi connectivity index (χ1) is 14.1. The van der Waals surface area contributed by atoms with Gasteiger partial charge in [-0.25, -0.2) is 19.2 Å². The second kappa shape index (κ2) is 9.41. The topological polar surface area (TPSA) is 93.2 Å². The zero-order valence-corrected chi connectivity index (χ0v) is 15.7. The summed E-state index contributed by atoms with van der Waals surface area (Å²) in [5.74, 6) is -0.639. The average molecular weight is 394 g/mol. The molecule has 0 unspecified atom stereocenters. The molecule has 0 saturated carbocycles. The van der Waals surface area contributed by atoms with Gasteiger partial charge in [-0.05, 0) is 42.3 Å². The molecule has 0 fully saturated rings. The number of esters is 1. The van der Waals surface area contributed by atoms with Gasteiger partial charge in [0, 0.05) is 12.2 Å². The predicted octanol–water partition coefficient (Wildman–Crippen LogP) is 3.31.